The number of carboxylic acid groups (broad SMARTS) is 1. The van der Waals surface area contributed by atoms with Crippen LogP contribution in [0, 0.1) is 13.8 Å². The van der Waals surface area contributed by atoms with Crippen LogP contribution in [0.15, 0.2) is 30.6 Å². The predicted molar refractivity (Wildman–Crippen MR) is 68.9 cm³/mol. The minimum Gasteiger partial charge on any atom is -0.478 e. The first-order valence-electron chi connectivity index (χ1n) is 5.84. The van der Waals surface area contributed by atoms with Crippen molar-refractivity contribution in [3.05, 3.63) is 53.1 Å². The van der Waals surface area contributed by atoms with Gasteiger partial charge >= 0.3 is 5.97 Å². The Morgan fingerprint density at radius 2 is 2.17 bits per heavy atom. The molecule has 0 radical (unpaired) electrons. The van der Waals surface area contributed by atoms with E-state index in [0.29, 0.717) is 5.56 Å². The molecular formula is C14H16N2O2. The number of aromatic carboxylic acids is 1. The molecule has 0 aliphatic carbocycles. The average Bonchev–Trinajstić information content (AvgIpc) is 2.65. The van der Waals surface area contributed by atoms with Gasteiger partial charge in [0.05, 0.1) is 11.6 Å². The van der Waals surface area contributed by atoms with Crippen LogP contribution in [-0.4, -0.2) is 20.6 Å². The molecule has 0 saturated carbocycles. The Hall–Kier alpha value is -2.10. The Kier molecular flexibility index (Phi) is 3.19. The zero-order chi connectivity index (χ0) is 13.3. The lowest BCUT2D eigenvalue weighted by atomic mass is 10.1. The van der Waals surface area contributed by atoms with E-state index in [1.165, 1.54) is 0 Å². The molecule has 2 heterocycles. The molecule has 0 bridgehead atoms. The smallest absolute Gasteiger partial charge is 0.337 e. The maximum Gasteiger partial charge on any atom is 0.337 e. The summed E-state index contributed by atoms with van der Waals surface area (Å²) >= 11 is 0. The van der Waals surface area contributed by atoms with E-state index < -0.39 is 5.97 Å². The summed E-state index contributed by atoms with van der Waals surface area (Å²) in [6.07, 6.45) is 3.54. The van der Waals surface area contributed by atoms with E-state index in [1.54, 1.807) is 12.3 Å². The second-order valence-electron chi connectivity index (χ2n) is 4.42. The number of nitrogens with zero attached hydrogens (tertiary/aromatic N) is 2. The highest BCUT2D eigenvalue weighted by molar-refractivity contribution is 5.89. The summed E-state index contributed by atoms with van der Waals surface area (Å²) in [6.45, 7) is 5.80. The Bertz CT molecular complexity index is 573. The van der Waals surface area contributed by atoms with Crippen LogP contribution in [0.25, 0.3) is 0 Å². The van der Waals surface area contributed by atoms with Gasteiger partial charge in [0.25, 0.3) is 0 Å². The van der Waals surface area contributed by atoms with Crippen molar-refractivity contribution >= 4 is 5.97 Å². The third kappa shape index (κ3) is 2.01. The van der Waals surface area contributed by atoms with E-state index in [4.69, 9.17) is 5.11 Å². The summed E-state index contributed by atoms with van der Waals surface area (Å²) in [6, 6.07) is 5.67. The lowest BCUT2D eigenvalue weighted by Crippen LogP contribution is -2.11. The normalized spacial score (nSPS) is 12.4. The first-order valence-corrected chi connectivity index (χ1v) is 5.84. The van der Waals surface area contributed by atoms with Gasteiger partial charge < -0.3 is 9.67 Å². The lowest BCUT2D eigenvalue weighted by molar-refractivity contribution is 0.0696. The quantitative estimate of drug-likeness (QED) is 0.903. The number of aromatic nitrogens is 2. The zero-order valence-corrected chi connectivity index (χ0v) is 10.7. The predicted octanol–water partition coefficient (Wildman–Crippen LogP) is 2.81. The number of pyridine rings is 1. The van der Waals surface area contributed by atoms with Crippen molar-refractivity contribution < 1.29 is 9.90 Å². The highest BCUT2D eigenvalue weighted by Crippen LogP contribution is 2.24. The summed E-state index contributed by atoms with van der Waals surface area (Å²) in [4.78, 5) is 15.2. The maximum absolute atomic E-state index is 11.1. The van der Waals surface area contributed by atoms with Crippen molar-refractivity contribution in [2.45, 2.75) is 26.8 Å². The third-order valence-corrected chi connectivity index (χ3v) is 3.27. The second-order valence-corrected chi connectivity index (χ2v) is 4.42. The van der Waals surface area contributed by atoms with Crippen molar-refractivity contribution in [1.29, 1.82) is 0 Å². The minimum atomic E-state index is -0.882. The SMILES string of the molecule is Cc1cc(C(=O)O)c(C)n1C(C)c1cccnc1. The van der Waals surface area contributed by atoms with Crippen LogP contribution in [0.4, 0.5) is 0 Å². The summed E-state index contributed by atoms with van der Waals surface area (Å²) < 4.78 is 2.03. The molecular weight excluding hydrogens is 228 g/mol. The highest BCUT2D eigenvalue weighted by atomic mass is 16.4. The van der Waals surface area contributed by atoms with Crippen LogP contribution in [-0.2, 0) is 0 Å². The molecule has 2 aromatic rings. The van der Waals surface area contributed by atoms with Crippen LogP contribution >= 0.6 is 0 Å². The summed E-state index contributed by atoms with van der Waals surface area (Å²) in [5.74, 6) is -0.882. The number of rotatable bonds is 3. The van der Waals surface area contributed by atoms with Gasteiger partial charge in [-0.1, -0.05) is 6.07 Å². The Labute approximate surface area is 106 Å². The molecule has 4 heteroatoms. The zero-order valence-electron chi connectivity index (χ0n) is 10.7. The fraction of sp³-hybridized carbons (Fsp3) is 0.286. The molecule has 0 aromatic carbocycles. The molecule has 1 atom stereocenters. The number of carbonyl (C=O) groups is 1. The molecule has 0 fully saturated rings. The van der Waals surface area contributed by atoms with Crippen LogP contribution in [0.5, 0.6) is 0 Å². The molecule has 2 rings (SSSR count). The van der Waals surface area contributed by atoms with Crippen molar-refractivity contribution in [3.8, 4) is 0 Å². The van der Waals surface area contributed by atoms with Crippen LogP contribution < -0.4 is 0 Å². The molecule has 0 spiro atoms. The van der Waals surface area contributed by atoms with E-state index in [9.17, 15) is 4.79 Å². The first kappa shape index (κ1) is 12.4. The lowest BCUT2D eigenvalue weighted by Gasteiger charge is -2.18. The number of hydrogen-bond acceptors (Lipinski definition) is 2. The monoisotopic (exact) mass is 244 g/mol. The molecule has 0 amide bonds. The molecule has 0 saturated heterocycles. The van der Waals surface area contributed by atoms with Gasteiger partial charge in [0.15, 0.2) is 0 Å². The molecule has 94 valence electrons. The van der Waals surface area contributed by atoms with E-state index in [0.717, 1.165) is 17.0 Å². The van der Waals surface area contributed by atoms with Crippen LogP contribution in [0.3, 0.4) is 0 Å². The van der Waals surface area contributed by atoms with E-state index in [1.807, 2.05) is 43.7 Å². The number of aryl methyl sites for hydroxylation is 1. The van der Waals surface area contributed by atoms with Gasteiger partial charge in [0, 0.05) is 23.8 Å². The van der Waals surface area contributed by atoms with Crippen molar-refractivity contribution in [2.75, 3.05) is 0 Å². The van der Waals surface area contributed by atoms with E-state index >= 15 is 0 Å². The highest BCUT2D eigenvalue weighted by Gasteiger charge is 2.18. The number of hydrogen-bond donors (Lipinski definition) is 1. The van der Waals surface area contributed by atoms with Gasteiger partial charge in [-0.3, -0.25) is 4.98 Å². The topological polar surface area (TPSA) is 55.1 Å². The van der Waals surface area contributed by atoms with Gasteiger partial charge in [-0.2, -0.15) is 0 Å². The fourth-order valence-electron chi connectivity index (χ4n) is 2.36. The summed E-state index contributed by atoms with van der Waals surface area (Å²) in [5.41, 5.74) is 3.15. The van der Waals surface area contributed by atoms with Gasteiger partial charge in [0.2, 0.25) is 0 Å². The Balaban J connectivity index is 2.49. The van der Waals surface area contributed by atoms with Crippen molar-refractivity contribution in [1.82, 2.24) is 9.55 Å². The molecule has 0 aliphatic heterocycles. The average molecular weight is 244 g/mol. The Morgan fingerprint density at radius 3 is 2.67 bits per heavy atom. The number of carboxylic acids is 1. The van der Waals surface area contributed by atoms with Gasteiger partial charge in [-0.25, -0.2) is 4.79 Å². The fourth-order valence-corrected chi connectivity index (χ4v) is 2.36. The standard InChI is InChI=1S/C14H16N2O2/c1-9-7-13(14(17)18)11(3)16(9)10(2)12-5-4-6-15-8-12/h4-8,10H,1-3H3,(H,17,18). The largest absolute Gasteiger partial charge is 0.478 e. The second kappa shape index (κ2) is 4.64. The molecule has 1 unspecified atom stereocenters. The van der Waals surface area contributed by atoms with Crippen LogP contribution in [0.1, 0.15) is 40.3 Å². The van der Waals surface area contributed by atoms with Crippen LogP contribution in [0.2, 0.25) is 0 Å². The minimum absolute atomic E-state index is 0.0757. The van der Waals surface area contributed by atoms with Crippen molar-refractivity contribution in [2.24, 2.45) is 0 Å². The Morgan fingerprint density at radius 1 is 1.44 bits per heavy atom. The van der Waals surface area contributed by atoms with E-state index in [2.05, 4.69) is 4.98 Å². The molecule has 18 heavy (non-hydrogen) atoms. The van der Waals surface area contributed by atoms with E-state index in [-0.39, 0.29) is 6.04 Å². The molecule has 4 nitrogen and oxygen atoms in total. The van der Waals surface area contributed by atoms with Gasteiger partial charge in [-0.05, 0) is 38.5 Å². The first-order chi connectivity index (χ1) is 8.52. The van der Waals surface area contributed by atoms with Crippen molar-refractivity contribution in [3.63, 3.8) is 0 Å². The molecule has 1 N–H and O–H groups in total. The van der Waals surface area contributed by atoms with Gasteiger partial charge in [0.1, 0.15) is 0 Å². The summed E-state index contributed by atoms with van der Waals surface area (Å²) in [7, 11) is 0. The molecule has 0 aliphatic rings. The summed E-state index contributed by atoms with van der Waals surface area (Å²) in [5, 5.41) is 9.13. The third-order valence-electron chi connectivity index (χ3n) is 3.27. The maximum atomic E-state index is 11.1. The van der Waals surface area contributed by atoms with Gasteiger partial charge in [-0.15, -0.1) is 0 Å². The molecule has 2 aromatic heterocycles.